The predicted molar refractivity (Wildman–Crippen MR) is 122 cm³/mol. The number of carbonyl (C=O) groups excluding carboxylic acids is 2. The summed E-state index contributed by atoms with van der Waals surface area (Å²) in [5.74, 6) is 0.345. The lowest BCUT2D eigenvalue weighted by Crippen LogP contribution is -2.16. The van der Waals surface area contributed by atoms with Crippen LogP contribution < -0.4 is 10.1 Å². The first-order valence-corrected chi connectivity index (χ1v) is 10.4. The van der Waals surface area contributed by atoms with Gasteiger partial charge in [-0.2, -0.15) is 10.2 Å². The first-order chi connectivity index (χ1) is 15.5. The third-order valence-corrected chi connectivity index (χ3v) is 5.83. The lowest BCUT2D eigenvalue weighted by molar-refractivity contribution is -0.115. The van der Waals surface area contributed by atoms with Gasteiger partial charge in [0.1, 0.15) is 17.5 Å². The van der Waals surface area contributed by atoms with Crippen molar-refractivity contribution in [2.24, 2.45) is 10.2 Å². The molecule has 1 aliphatic heterocycles. The number of methoxy groups -OCH3 is 1. The molecule has 1 amide bonds. The van der Waals surface area contributed by atoms with Crippen LogP contribution in [-0.2, 0) is 11.2 Å². The summed E-state index contributed by atoms with van der Waals surface area (Å²) in [5.41, 5.74) is 4.42. The minimum absolute atomic E-state index is 0.164. The zero-order chi connectivity index (χ0) is 22.2. The van der Waals surface area contributed by atoms with Gasteiger partial charge in [-0.3, -0.25) is 9.59 Å². The molecule has 0 fully saturated rings. The molecule has 3 aromatic rings. The molecule has 5 rings (SSSR count). The molecule has 158 valence electrons. The number of nitrogens with one attached hydrogen (secondary N) is 1. The van der Waals surface area contributed by atoms with Crippen LogP contribution in [0.4, 0.5) is 5.69 Å². The number of Topliss-reactive ketones (excluding diaryl/α,β-unsaturated/α-hetero) is 1. The van der Waals surface area contributed by atoms with E-state index in [-0.39, 0.29) is 18.1 Å². The summed E-state index contributed by atoms with van der Waals surface area (Å²) in [5, 5.41) is 12.2. The Morgan fingerprint density at radius 2 is 1.81 bits per heavy atom. The molecule has 1 unspecified atom stereocenters. The standard InChI is InChI=1S/C25H18ClN3O3/c1-32-17-11-7-15(8-12-17)23-22-24(29-28-23)18-3-2-4-19(21(18)25(22)31)27-20(30)13-14-5-9-16(26)10-6-14/h2-12,24H,13H2,1H3,(H,27,30). The number of carbonyl (C=O) groups is 2. The maximum absolute atomic E-state index is 13.4. The normalized spacial score (nSPS) is 16.2. The quantitative estimate of drug-likeness (QED) is 0.553. The fourth-order valence-electron chi connectivity index (χ4n) is 4.04. The summed E-state index contributed by atoms with van der Waals surface area (Å²) >= 11 is 5.91. The van der Waals surface area contributed by atoms with Crippen LogP contribution in [0.3, 0.4) is 0 Å². The number of benzene rings is 3. The molecular formula is C25H18ClN3O3. The Bertz CT molecular complexity index is 1300. The highest BCUT2D eigenvalue weighted by atomic mass is 35.5. The van der Waals surface area contributed by atoms with Gasteiger partial charge in [0.15, 0.2) is 5.78 Å². The average molecular weight is 444 g/mol. The summed E-state index contributed by atoms with van der Waals surface area (Å²) in [7, 11) is 1.60. The van der Waals surface area contributed by atoms with Gasteiger partial charge in [-0.25, -0.2) is 0 Å². The van der Waals surface area contributed by atoms with Crippen LogP contribution in [-0.4, -0.2) is 18.8 Å². The highest BCUT2D eigenvalue weighted by molar-refractivity contribution is 6.30. The molecule has 1 heterocycles. The number of ether oxygens (including phenoxy) is 1. The van der Waals surface area contributed by atoms with Crippen molar-refractivity contribution in [3.63, 3.8) is 0 Å². The average Bonchev–Trinajstić information content (AvgIpc) is 3.36. The Hall–Kier alpha value is -3.77. The van der Waals surface area contributed by atoms with Gasteiger partial charge in [-0.1, -0.05) is 35.9 Å². The van der Waals surface area contributed by atoms with Gasteiger partial charge in [-0.05, 0) is 53.6 Å². The number of ketones is 1. The SMILES string of the molecule is COc1ccc(C2=C3C(=O)c4c(NC(=O)Cc5ccc(Cl)cc5)cccc4C3N=N2)cc1. The first kappa shape index (κ1) is 20.2. The first-order valence-electron chi connectivity index (χ1n) is 10.1. The Kier molecular flexibility index (Phi) is 5.07. The van der Waals surface area contributed by atoms with Crippen molar-refractivity contribution in [3.05, 3.63) is 99.6 Å². The van der Waals surface area contributed by atoms with Crippen LogP contribution in [0, 0.1) is 0 Å². The summed E-state index contributed by atoms with van der Waals surface area (Å²) in [6, 6.07) is 19.4. The van der Waals surface area contributed by atoms with E-state index in [0.717, 1.165) is 22.4 Å². The lowest BCUT2D eigenvalue weighted by Gasteiger charge is -2.10. The predicted octanol–water partition coefficient (Wildman–Crippen LogP) is 5.64. The third kappa shape index (κ3) is 3.48. The zero-order valence-electron chi connectivity index (χ0n) is 17.1. The second-order valence-electron chi connectivity index (χ2n) is 7.56. The molecule has 7 heteroatoms. The van der Waals surface area contributed by atoms with Crippen LogP contribution in [0.15, 0.2) is 82.5 Å². The van der Waals surface area contributed by atoms with Crippen molar-refractivity contribution >= 4 is 34.7 Å². The molecule has 1 N–H and O–H groups in total. The van der Waals surface area contributed by atoms with Crippen molar-refractivity contribution < 1.29 is 14.3 Å². The molecule has 0 aromatic heterocycles. The van der Waals surface area contributed by atoms with Crippen molar-refractivity contribution in [1.82, 2.24) is 0 Å². The van der Waals surface area contributed by atoms with Crippen molar-refractivity contribution in [1.29, 1.82) is 0 Å². The van der Waals surface area contributed by atoms with Crippen LogP contribution in [0.2, 0.25) is 5.02 Å². The molecule has 6 nitrogen and oxygen atoms in total. The number of halogens is 1. The fourth-order valence-corrected chi connectivity index (χ4v) is 4.17. The van der Waals surface area contributed by atoms with E-state index < -0.39 is 6.04 Å². The molecule has 0 radical (unpaired) electrons. The van der Waals surface area contributed by atoms with Crippen LogP contribution >= 0.6 is 11.6 Å². The number of amides is 1. The molecular weight excluding hydrogens is 426 g/mol. The number of fused-ring (bicyclic) bond motifs is 3. The minimum Gasteiger partial charge on any atom is -0.497 e. The van der Waals surface area contributed by atoms with E-state index >= 15 is 0 Å². The summed E-state index contributed by atoms with van der Waals surface area (Å²) in [6.45, 7) is 0. The van der Waals surface area contributed by atoms with Gasteiger partial charge in [0, 0.05) is 10.6 Å². The maximum atomic E-state index is 13.4. The summed E-state index contributed by atoms with van der Waals surface area (Å²) in [4.78, 5) is 26.1. The Labute approximate surface area is 189 Å². The number of rotatable bonds is 5. The van der Waals surface area contributed by atoms with Gasteiger partial charge in [0.05, 0.1) is 30.4 Å². The smallest absolute Gasteiger partial charge is 0.228 e. The molecule has 0 spiro atoms. The van der Waals surface area contributed by atoms with E-state index in [4.69, 9.17) is 16.3 Å². The fraction of sp³-hybridized carbons (Fsp3) is 0.120. The number of anilines is 1. The van der Waals surface area contributed by atoms with Gasteiger partial charge in [0.2, 0.25) is 5.91 Å². The van der Waals surface area contributed by atoms with Gasteiger partial charge >= 0.3 is 0 Å². The molecule has 1 aliphatic carbocycles. The molecule has 0 saturated carbocycles. The number of azo groups is 1. The van der Waals surface area contributed by atoms with Crippen LogP contribution in [0.1, 0.15) is 33.1 Å². The van der Waals surface area contributed by atoms with Gasteiger partial charge < -0.3 is 10.1 Å². The number of hydrogen-bond acceptors (Lipinski definition) is 5. The molecule has 0 bridgehead atoms. The Morgan fingerprint density at radius 1 is 1.06 bits per heavy atom. The summed E-state index contributed by atoms with van der Waals surface area (Å²) in [6.07, 6.45) is 0.179. The van der Waals surface area contributed by atoms with E-state index in [9.17, 15) is 9.59 Å². The number of nitrogens with zero attached hydrogens (tertiary/aromatic N) is 2. The zero-order valence-corrected chi connectivity index (χ0v) is 17.9. The lowest BCUT2D eigenvalue weighted by atomic mass is 10.0. The van der Waals surface area contributed by atoms with Gasteiger partial charge in [-0.15, -0.1) is 0 Å². The van der Waals surface area contributed by atoms with Crippen molar-refractivity contribution in [2.45, 2.75) is 12.5 Å². The molecule has 2 aliphatic rings. The molecule has 1 atom stereocenters. The third-order valence-electron chi connectivity index (χ3n) is 5.58. The van der Waals surface area contributed by atoms with E-state index in [1.807, 2.05) is 36.4 Å². The van der Waals surface area contributed by atoms with Gasteiger partial charge in [0.25, 0.3) is 0 Å². The van der Waals surface area contributed by atoms with Crippen molar-refractivity contribution in [3.8, 4) is 5.75 Å². The number of hydrogen-bond donors (Lipinski definition) is 1. The van der Waals surface area contributed by atoms with Crippen LogP contribution in [0.5, 0.6) is 5.75 Å². The highest BCUT2D eigenvalue weighted by Crippen LogP contribution is 2.49. The highest BCUT2D eigenvalue weighted by Gasteiger charge is 2.42. The maximum Gasteiger partial charge on any atom is 0.228 e. The molecule has 3 aromatic carbocycles. The monoisotopic (exact) mass is 443 g/mol. The van der Waals surface area contributed by atoms with Crippen LogP contribution in [0.25, 0.3) is 5.70 Å². The topological polar surface area (TPSA) is 80.1 Å². The molecule has 32 heavy (non-hydrogen) atoms. The largest absolute Gasteiger partial charge is 0.497 e. The van der Waals surface area contributed by atoms with E-state index in [1.54, 1.807) is 37.4 Å². The summed E-state index contributed by atoms with van der Waals surface area (Å²) < 4.78 is 5.21. The van der Waals surface area contributed by atoms with Crippen molar-refractivity contribution in [2.75, 3.05) is 12.4 Å². The Morgan fingerprint density at radius 3 is 2.53 bits per heavy atom. The Balaban J connectivity index is 1.45. The second kappa shape index (κ2) is 8.05. The minimum atomic E-state index is -0.456. The second-order valence-corrected chi connectivity index (χ2v) is 8.00. The molecule has 0 saturated heterocycles. The van der Waals surface area contributed by atoms with E-state index in [2.05, 4.69) is 15.5 Å². The van der Waals surface area contributed by atoms with E-state index in [0.29, 0.717) is 27.5 Å². The van der Waals surface area contributed by atoms with E-state index in [1.165, 1.54) is 0 Å².